The lowest BCUT2D eigenvalue weighted by molar-refractivity contribution is -0.117. The molecule has 1 aromatic carbocycles. The van der Waals surface area contributed by atoms with Crippen LogP contribution in [0.1, 0.15) is 5.56 Å². The highest BCUT2D eigenvalue weighted by molar-refractivity contribution is 6.30. The van der Waals surface area contributed by atoms with Crippen molar-refractivity contribution < 1.29 is 14.6 Å². The molecule has 1 aromatic rings. The van der Waals surface area contributed by atoms with E-state index in [-0.39, 0.29) is 18.8 Å². The number of nitriles is 1. The third-order valence-corrected chi connectivity index (χ3v) is 2.86. The van der Waals surface area contributed by atoms with Crippen molar-refractivity contribution in [2.24, 2.45) is 0 Å². The number of nitrogens with one attached hydrogen (secondary N) is 2. The molecule has 0 bridgehead atoms. The Bertz CT molecular complexity index is 538. The quantitative estimate of drug-likeness (QED) is 0.357. The van der Waals surface area contributed by atoms with E-state index in [1.54, 1.807) is 24.3 Å². The Morgan fingerprint density at radius 3 is 2.73 bits per heavy atom. The maximum Gasteiger partial charge on any atom is 0.263 e. The van der Waals surface area contributed by atoms with Crippen molar-refractivity contribution >= 4 is 17.5 Å². The first-order valence-electron chi connectivity index (χ1n) is 6.72. The Kier molecular flexibility index (Phi) is 8.69. The Hall–Kier alpha value is -2.07. The minimum absolute atomic E-state index is 0.0175. The highest BCUT2D eigenvalue weighted by Gasteiger charge is 2.08. The molecule has 0 aliphatic heterocycles. The zero-order valence-corrected chi connectivity index (χ0v) is 12.8. The summed E-state index contributed by atoms with van der Waals surface area (Å²) in [5.41, 5.74) is 0.872. The largest absolute Gasteiger partial charge is 0.394 e. The van der Waals surface area contributed by atoms with Crippen molar-refractivity contribution in [2.45, 2.75) is 6.54 Å². The number of carbonyl (C=O) groups excluding carboxylic acids is 1. The summed E-state index contributed by atoms with van der Waals surface area (Å²) >= 11 is 5.78. The molecule has 0 fully saturated rings. The number of rotatable bonds is 9. The molecule has 1 amide bonds. The molecule has 3 N–H and O–H groups in total. The summed E-state index contributed by atoms with van der Waals surface area (Å²) in [6, 6.07) is 8.90. The normalized spacial score (nSPS) is 10.9. The number of halogens is 1. The van der Waals surface area contributed by atoms with Gasteiger partial charge in [0.25, 0.3) is 5.91 Å². The van der Waals surface area contributed by atoms with E-state index in [2.05, 4.69) is 10.6 Å². The first-order valence-corrected chi connectivity index (χ1v) is 7.10. The number of nitrogens with zero attached hydrogens (tertiary/aromatic N) is 1. The Morgan fingerprint density at radius 1 is 1.36 bits per heavy atom. The minimum Gasteiger partial charge on any atom is -0.394 e. The van der Waals surface area contributed by atoms with Gasteiger partial charge >= 0.3 is 0 Å². The SMILES string of the molecule is N#C/C(=C/NCCOCCO)C(=O)NCc1ccc(Cl)cc1. The molecule has 0 spiro atoms. The predicted octanol–water partition coefficient (Wildman–Crippen LogP) is 0.962. The second-order valence-corrected chi connectivity index (χ2v) is 4.71. The molecule has 0 saturated carbocycles. The van der Waals surface area contributed by atoms with Crippen LogP contribution in [0.2, 0.25) is 5.02 Å². The monoisotopic (exact) mass is 323 g/mol. The number of carbonyl (C=O) groups is 1. The van der Waals surface area contributed by atoms with Gasteiger partial charge in [-0.3, -0.25) is 4.79 Å². The molecular formula is C15H18ClN3O3. The second kappa shape index (κ2) is 10.6. The first kappa shape index (κ1) is 18.0. The lowest BCUT2D eigenvalue weighted by Gasteiger charge is -2.06. The molecule has 0 aliphatic carbocycles. The van der Waals surface area contributed by atoms with E-state index in [9.17, 15) is 4.79 Å². The third-order valence-electron chi connectivity index (χ3n) is 2.60. The highest BCUT2D eigenvalue weighted by atomic mass is 35.5. The van der Waals surface area contributed by atoms with Crippen LogP contribution in [-0.4, -0.2) is 37.4 Å². The number of hydrogen-bond acceptors (Lipinski definition) is 5. The van der Waals surface area contributed by atoms with E-state index in [1.165, 1.54) is 6.20 Å². The van der Waals surface area contributed by atoms with Gasteiger partial charge in [0.05, 0.1) is 19.8 Å². The standard InChI is InChI=1S/C15H18ClN3O3/c16-14-3-1-12(2-4-14)10-19-15(21)13(9-17)11-18-5-7-22-8-6-20/h1-4,11,18,20H,5-8,10H2,(H,19,21)/b13-11-. The van der Waals surface area contributed by atoms with Crippen LogP contribution in [0, 0.1) is 11.3 Å². The topological polar surface area (TPSA) is 94.4 Å². The number of amides is 1. The summed E-state index contributed by atoms with van der Waals surface area (Å²) in [5, 5.41) is 23.6. The summed E-state index contributed by atoms with van der Waals surface area (Å²) in [7, 11) is 0. The molecule has 22 heavy (non-hydrogen) atoms. The number of aliphatic hydroxyl groups excluding tert-OH is 1. The van der Waals surface area contributed by atoms with Crippen molar-refractivity contribution in [1.82, 2.24) is 10.6 Å². The maximum atomic E-state index is 11.8. The van der Waals surface area contributed by atoms with Gasteiger partial charge in [0.15, 0.2) is 0 Å². The second-order valence-electron chi connectivity index (χ2n) is 4.27. The van der Waals surface area contributed by atoms with Crippen LogP contribution >= 0.6 is 11.6 Å². The molecular weight excluding hydrogens is 306 g/mol. The van der Waals surface area contributed by atoms with E-state index < -0.39 is 5.91 Å². The molecule has 1 rings (SSSR count). The van der Waals surface area contributed by atoms with Crippen LogP contribution in [0.5, 0.6) is 0 Å². The number of ether oxygens (including phenoxy) is 1. The fourth-order valence-electron chi connectivity index (χ4n) is 1.50. The van der Waals surface area contributed by atoms with Gasteiger partial charge in [-0.25, -0.2) is 0 Å². The van der Waals surface area contributed by atoms with Crippen LogP contribution in [0.3, 0.4) is 0 Å². The van der Waals surface area contributed by atoms with Crippen molar-refractivity contribution in [3.63, 3.8) is 0 Å². The first-order chi connectivity index (χ1) is 10.7. The summed E-state index contributed by atoms with van der Waals surface area (Å²) in [4.78, 5) is 11.8. The van der Waals surface area contributed by atoms with E-state index >= 15 is 0 Å². The molecule has 0 radical (unpaired) electrons. The predicted molar refractivity (Wildman–Crippen MR) is 82.9 cm³/mol. The average Bonchev–Trinajstić information content (AvgIpc) is 2.53. The van der Waals surface area contributed by atoms with Crippen LogP contribution in [0.4, 0.5) is 0 Å². The van der Waals surface area contributed by atoms with Gasteiger partial charge in [0.1, 0.15) is 11.6 Å². The summed E-state index contributed by atoms with van der Waals surface area (Å²) in [5.74, 6) is -0.457. The zero-order valence-electron chi connectivity index (χ0n) is 12.0. The van der Waals surface area contributed by atoms with Gasteiger partial charge in [-0.15, -0.1) is 0 Å². The van der Waals surface area contributed by atoms with Gasteiger partial charge in [0.2, 0.25) is 0 Å². The van der Waals surface area contributed by atoms with E-state index in [0.717, 1.165) is 5.56 Å². The number of aliphatic hydroxyl groups is 1. The third kappa shape index (κ3) is 7.09. The van der Waals surface area contributed by atoms with Gasteiger partial charge in [0, 0.05) is 24.3 Å². The van der Waals surface area contributed by atoms with Gasteiger partial charge < -0.3 is 20.5 Å². The average molecular weight is 324 g/mol. The van der Waals surface area contributed by atoms with Crippen molar-refractivity contribution in [1.29, 1.82) is 5.26 Å². The molecule has 0 unspecified atom stereocenters. The summed E-state index contributed by atoms with van der Waals surface area (Å²) in [6.45, 7) is 1.36. The zero-order chi connectivity index (χ0) is 16.2. The Morgan fingerprint density at radius 2 is 2.09 bits per heavy atom. The van der Waals surface area contributed by atoms with E-state index in [1.807, 2.05) is 6.07 Å². The van der Waals surface area contributed by atoms with Crippen molar-refractivity contribution in [3.05, 3.63) is 46.6 Å². The lowest BCUT2D eigenvalue weighted by Crippen LogP contribution is -2.25. The molecule has 0 heterocycles. The molecule has 6 nitrogen and oxygen atoms in total. The molecule has 7 heteroatoms. The molecule has 0 saturated heterocycles. The van der Waals surface area contributed by atoms with E-state index in [4.69, 9.17) is 26.7 Å². The van der Waals surface area contributed by atoms with Crippen LogP contribution in [0.15, 0.2) is 36.0 Å². The van der Waals surface area contributed by atoms with Crippen LogP contribution in [-0.2, 0) is 16.1 Å². The minimum atomic E-state index is -0.457. The smallest absolute Gasteiger partial charge is 0.263 e. The Balaban J connectivity index is 2.37. The van der Waals surface area contributed by atoms with Gasteiger partial charge in [-0.2, -0.15) is 5.26 Å². The van der Waals surface area contributed by atoms with Gasteiger partial charge in [-0.1, -0.05) is 23.7 Å². The fourth-order valence-corrected chi connectivity index (χ4v) is 1.63. The van der Waals surface area contributed by atoms with Crippen LogP contribution < -0.4 is 10.6 Å². The summed E-state index contributed by atoms with van der Waals surface area (Å²) < 4.78 is 5.04. The molecule has 118 valence electrons. The molecule has 0 aliphatic rings. The summed E-state index contributed by atoms with van der Waals surface area (Å²) in [6.07, 6.45) is 1.35. The number of hydrogen-bond donors (Lipinski definition) is 3. The molecule has 0 aromatic heterocycles. The Labute approximate surface area is 134 Å². The fraction of sp³-hybridized carbons (Fsp3) is 0.333. The molecule has 0 atom stereocenters. The van der Waals surface area contributed by atoms with Crippen molar-refractivity contribution in [2.75, 3.05) is 26.4 Å². The van der Waals surface area contributed by atoms with Gasteiger partial charge in [-0.05, 0) is 17.7 Å². The van der Waals surface area contributed by atoms with Crippen molar-refractivity contribution in [3.8, 4) is 6.07 Å². The lowest BCUT2D eigenvalue weighted by atomic mass is 10.2. The van der Waals surface area contributed by atoms with E-state index in [0.29, 0.717) is 24.7 Å². The highest BCUT2D eigenvalue weighted by Crippen LogP contribution is 2.09. The number of benzene rings is 1. The maximum absolute atomic E-state index is 11.8. The van der Waals surface area contributed by atoms with Crippen LogP contribution in [0.25, 0.3) is 0 Å².